The van der Waals surface area contributed by atoms with Crippen LogP contribution in [0.4, 0.5) is 0 Å². The lowest BCUT2D eigenvalue weighted by atomic mass is 9.98. The Labute approximate surface area is 221 Å². The molecule has 1 aromatic heterocycles. The summed E-state index contributed by atoms with van der Waals surface area (Å²) in [5.74, 6) is 1.34. The smallest absolute Gasteiger partial charge is 0.336 e. The zero-order valence-corrected chi connectivity index (χ0v) is 22.1. The molecule has 2 aromatic carbocycles. The van der Waals surface area contributed by atoms with Crippen LogP contribution in [0.3, 0.4) is 0 Å². The number of carbonyl (C=O) groups is 1. The highest BCUT2D eigenvalue weighted by Crippen LogP contribution is 2.35. The van der Waals surface area contributed by atoms with Gasteiger partial charge in [-0.2, -0.15) is 0 Å². The number of carbonyl (C=O) groups excluding carboxylic acids is 1. The summed E-state index contributed by atoms with van der Waals surface area (Å²) in [6, 6.07) is 9.32. The van der Waals surface area contributed by atoms with Crippen LogP contribution in [0.25, 0.3) is 11.0 Å². The van der Waals surface area contributed by atoms with Crippen LogP contribution < -0.4 is 15.1 Å². The molecule has 1 fully saturated rings. The van der Waals surface area contributed by atoms with Crippen LogP contribution in [-0.2, 0) is 29.0 Å². The van der Waals surface area contributed by atoms with Crippen LogP contribution in [0.1, 0.15) is 42.5 Å². The van der Waals surface area contributed by atoms with E-state index in [1.807, 2.05) is 39.0 Å². The van der Waals surface area contributed by atoms with E-state index in [9.17, 15) is 14.7 Å². The Hall–Kier alpha value is -3.56. The first-order valence-corrected chi connectivity index (χ1v) is 13.1. The van der Waals surface area contributed by atoms with Crippen molar-refractivity contribution in [3.8, 4) is 17.2 Å². The van der Waals surface area contributed by atoms with Gasteiger partial charge in [0, 0.05) is 57.1 Å². The van der Waals surface area contributed by atoms with E-state index < -0.39 is 5.63 Å². The molecule has 5 rings (SSSR count). The van der Waals surface area contributed by atoms with Crippen LogP contribution in [0, 0.1) is 6.92 Å². The normalized spacial score (nSPS) is 15.9. The molecule has 2 aliphatic heterocycles. The first-order chi connectivity index (χ1) is 18.3. The van der Waals surface area contributed by atoms with E-state index in [4.69, 9.17) is 18.6 Å². The summed E-state index contributed by atoms with van der Waals surface area (Å²) in [5.41, 5.74) is 3.14. The molecule has 3 aromatic rings. The average molecular weight is 523 g/mol. The highest BCUT2D eigenvalue weighted by molar-refractivity contribution is 5.86. The molecule has 0 saturated carbocycles. The number of phenols is 1. The minimum atomic E-state index is -0.447. The number of hydrogen-bond donors (Lipinski definition) is 1. The molecule has 0 bridgehead atoms. The van der Waals surface area contributed by atoms with Crippen molar-refractivity contribution < 1.29 is 28.5 Å². The second-order valence-corrected chi connectivity index (χ2v) is 10.3. The number of fused-ring (bicyclic) bond motifs is 2. The zero-order chi connectivity index (χ0) is 26.8. The number of phenolic OH excluding ortho intramolecular Hbond substituents is 1. The number of piperazine rings is 1. The van der Waals surface area contributed by atoms with E-state index >= 15 is 0 Å². The van der Waals surface area contributed by atoms with E-state index in [2.05, 4.69) is 15.9 Å². The maximum atomic E-state index is 12.2. The van der Waals surface area contributed by atoms with Gasteiger partial charge in [-0.15, -0.1) is 0 Å². The van der Waals surface area contributed by atoms with Gasteiger partial charge in [-0.1, -0.05) is 6.07 Å². The molecule has 9 nitrogen and oxygen atoms in total. The van der Waals surface area contributed by atoms with Crippen molar-refractivity contribution in [1.82, 2.24) is 9.80 Å². The fraction of sp³-hybridized carbons (Fsp3) is 0.448. The van der Waals surface area contributed by atoms with E-state index in [0.29, 0.717) is 29.7 Å². The predicted molar refractivity (Wildman–Crippen MR) is 142 cm³/mol. The Morgan fingerprint density at radius 2 is 1.74 bits per heavy atom. The minimum Gasteiger partial charge on any atom is -0.507 e. The summed E-state index contributed by atoms with van der Waals surface area (Å²) in [5, 5.41) is 12.0. The van der Waals surface area contributed by atoms with Gasteiger partial charge in [0.25, 0.3) is 0 Å². The third kappa shape index (κ3) is 5.79. The van der Waals surface area contributed by atoms with Crippen molar-refractivity contribution in [2.24, 2.45) is 0 Å². The number of rotatable bonds is 8. The first kappa shape index (κ1) is 26.1. The second-order valence-electron chi connectivity index (χ2n) is 10.3. The number of aromatic hydroxyl groups is 1. The standard InChI is InChI=1S/C29H34N2O7/c1-18(2)37-26(32)7-5-21-14-22-19(3)12-27(33)38-29(22)23(28(21)34)16-31-10-8-30(9-11-31)15-20-4-6-24-25(13-20)36-17-35-24/h4,6,12-14,18,34H,5,7-11,15-17H2,1-3H3. The van der Waals surface area contributed by atoms with Gasteiger partial charge in [-0.3, -0.25) is 14.6 Å². The maximum absolute atomic E-state index is 12.2. The zero-order valence-electron chi connectivity index (χ0n) is 22.1. The quantitative estimate of drug-likeness (QED) is 0.350. The Morgan fingerprint density at radius 3 is 2.47 bits per heavy atom. The van der Waals surface area contributed by atoms with Gasteiger partial charge in [-0.25, -0.2) is 4.79 Å². The van der Waals surface area contributed by atoms with Crippen molar-refractivity contribution in [1.29, 1.82) is 0 Å². The molecule has 0 spiro atoms. The summed E-state index contributed by atoms with van der Waals surface area (Å²) in [6.45, 7) is 10.3. The monoisotopic (exact) mass is 522 g/mol. The Bertz CT molecular complexity index is 1390. The number of esters is 1. The van der Waals surface area contributed by atoms with Crippen LogP contribution in [0.15, 0.2) is 39.5 Å². The first-order valence-electron chi connectivity index (χ1n) is 13.1. The SMILES string of the molecule is Cc1cc(=O)oc2c(CN3CCN(Cc4ccc5c(c4)OCO5)CC3)c(O)c(CCC(=O)OC(C)C)cc12. The predicted octanol–water partition coefficient (Wildman–Crippen LogP) is 3.74. The molecule has 202 valence electrons. The molecule has 0 radical (unpaired) electrons. The van der Waals surface area contributed by atoms with Crippen molar-refractivity contribution in [2.75, 3.05) is 33.0 Å². The highest BCUT2D eigenvalue weighted by Gasteiger charge is 2.24. The number of ether oxygens (including phenoxy) is 3. The molecule has 0 aliphatic carbocycles. The van der Waals surface area contributed by atoms with Crippen molar-refractivity contribution in [3.05, 3.63) is 63.0 Å². The van der Waals surface area contributed by atoms with Crippen molar-refractivity contribution in [3.63, 3.8) is 0 Å². The number of benzene rings is 2. The molecule has 3 heterocycles. The molecule has 0 amide bonds. The van der Waals surface area contributed by atoms with Gasteiger partial charge < -0.3 is 23.7 Å². The van der Waals surface area contributed by atoms with Crippen LogP contribution in [0.2, 0.25) is 0 Å². The highest BCUT2D eigenvalue weighted by atomic mass is 16.7. The van der Waals surface area contributed by atoms with E-state index in [1.54, 1.807) is 0 Å². The molecule has 9 heteroatoms. The minimum absolute atomic E-state index is 0.0754. The van der Waals surface area contributed by atoms with Gasteiger partial charge in [0.05, 0.1) is 11.7 Å². The van der Waals surface area contributed by atoms with Gasteiger partial charge >= 0.3 is 11.6 Å². The fourth-order valence-electron chi connectivity index (χ4n) is 5.09. The van der Waals surface area contributed by atoms with Gasteiger partial charge in [0.1, 0.15) is 11.3 Å². The van der Waals surface area contributed by atoms with Crippen molar-refractivity contribution in [2.45, 2.75) is 52.8 Å². The average Bonchev–Trinajstić information content (AvgIpc) is 3.34. The number of hydrogen-bond acceptors (Lipinski definition) is 9. The lowest BCUT2D eigenvalue weighted by molar-refractivity contribution is -0.147. The van der Waals surface area contributed by atoms with Gasteiger partial charge in [0.15, 0.2) is 11.5 Å². The maximum Gasteiger partial charge on any atom is 0.336 e. The van der Waals surface area contributed by atoms with Crippen molar-refractivity contribution >= 4 is 16.9 Å². The Balaban J connectivity index is 1.30. The summed E-state index contributed by atoms with van der Waals surface area (Å²) < 4.78 is 21.8. The molecule has 0 atom stereocenters. The number of nitrogens with zero attached hydrogens (tertiary/aromatic N) is 2. The molecule has 1 saturated heterocycles. The van der Waals surface area contributed by atoms with Gasteiger partial charge in [0.2, 0.25) is 6.79 Å². The lowest BCUT2D eigenvalue weighted by Gasteiger charge is -2.35. The summed E-state index contributed by atoms with van der Waals surface area (Å²) in [6.07, 6.45) is 0.302. The summed E-state index contributed by atoms with van der Waals surface area (Å²) in [4.78, 5) is 29.0. The molecular weight excluding hydrogens is 488 g/mol. The van der Waals surface area contributed by atoms with Gasteiger partial charge in [-0.05, 0) is 62.1 Å². The Kier molecular flexibility index (Phi) is 7.58. The molecule has 0 unspecified atom stereocenters. The molecule has 38 heavy (non-hydrogen) atoms. The van der Waals surface area contributed by atoms with Crippen LogP contribution in [0.5, 0.6) is 17.2 Å². The lowest BCUT2D eigenvalue weighted by Crippen LogP contribution is -2.45. The number of aryl methyl sites for hydroxylation is 2. The third-order valence-electron chi connectivity index (χ3n) is 7.04. The second kappa shape index (κ2) is 11.0. The van der Waals surface area contributed by atoms with E-state index in [-0.39, 0.29) is 31.0 Å². The van der Waals surface area contributed by atoms with E-state index in [1.165, 1.54) is 11.6 Å². The third-order valence-corrected chi connectivity index (χ3v) is 7.04. The fourth-order valence-corrected chi connectivity index (χ4v) is 5.09. The largest absolute Gasteiger partial charge is 0.507 e. The topological polar surface area (TPSA) is 102 Å². The molecule has 2 aliphatic rings. The summed E-state index contributed by atoms with van der Waals surface area (Å²) >= 11 is 0. The molecular formula is C29H34N2O7. The van der Waals surface area contributed by atoms with Crippen LogP contribution in [-0.4, -0.2) is 60.0 Å². The summed E-state index contributed by atoms with van der Waals surface area (Å²) in [7, 11) is 0. The van der Waals surface area contributed by atoms with Crippen LogP contribution >= 0.6 is 0 Å². The Morgan fingerprint density at radius 1 is 1.03 bits per heavy atom. The molecule has 1 N–H and O–H groups in total. The van der Waals surface area contributed by atoms with E-state index in [0.717, 1.165) is 55.2 Å².